The Morgan fingerprint density at radius 3 is 2.58 bits per heavy atom. The Balaban J connectivity index is 2.59. The second kappa shape index (κ2) is 3.75. The van der Waals surface area contributed by atoms with Gasteiger partial charge in [0.1, 0.15) is 0 Å². The Labute approximate surface area is 76.3 Å². The fourth-order valence-electron chi connectivity index (χ4n) is 2.01. The highest BCUT2D eigenvalue weighted by atomic mass is 15.2. The van der Waals surface area contributed by atoms with Crippen LogP contribution in [-0.2, 0) is 0 Å². The van der Waals surface area contributed by atoms with Crippen LogP contribution in [0.3, 0.4) is 0 Å². The first-order valence-corrected chi connectivity index (χ1v) is 4.99. The molecule has 0 bridgehead atoms. The zero-order chi connectivity index (χ0) is 9.19. The molecule has 1 aliphatic heterocycles. The van der Waals surface area contributed by atoms with Crippen LogP contribution in [0.5, 0.6) is 0 Å². The highest BCUT2D eigenvalue weighted by Crippen LogP contribution is 2.18. The minimum absolute atomic E-state index is 0.325. The molecule has 1 heterocycles. The summed E-state index contributed by atoms with van der Waals surface area (Å²) in [5.41, 5.74) is 0.325. The van der Waals surface area contributed by atoms with Gasteiger partial charge in [-0.1, -0.05) is 0 Å². The lowest BCUT2D eigenvalue weighted by molar-refractivity contribution is 0.1000. The summed E-state index contributed by atoms with van der Waals surface area (Å²) in [5, 5.41) is 3.46. The fraction of sp³-hybridized carbons (Fsp3) is 1.00. The van der Waals surface area contributed by atoms with Crippen molar-refractivity contribution >= 4 is 0 Å². The van der Waals surface area contributed by atoms with Crippen LogP contribution >= 0.6 is 0 Å². The molecule has 0 aliphatic carbocycles. The molecule has 2 heteroatoms. The molecule has 0 saturated carbocycles. The molecule has 0 aromatic rings. The third-order valence-corrected chi connectivity index (χ3v) is 2.59. The van der Waals surface area contributed by atoms with Crippen LogP contribution in [-0.4, -0.2) is 36.1 Å². The predicted molar refractivity (Wildman–Crippen MR) is 53.4 cm³/mol. The maximum absolute atomic E-state index is 3.46. The van der Waals surface area contributed by atoms with E-state index in [-0.39, 0.29) is 0 Å². The van der Waals surface area contributed by atoms with Crippen LogP contribution in [0.15, 0.2) is 0 Å². The number of hydrogen-bond donors (Lipinski definition) is 1. The fourth-order valence-corrected chi connectivity index (χ4v) is 2.01. The Morgan fingerprint density at radius 1 is 1.33 bits per heavy atom. The molecular weight excluding hydrogens is 148 g/mol. The molecule has 12 heavy (non-hydrogen) atoms. The molecule has 1 saturated heterocycles. The third kappa shape index (κ3) is 2.46. The highest BCUT2D eigenvalue weighted by molar-refractivity contribution is 4.84. The smallest absolute Gasteiger partial charge is 0.0197 e. The van der Waals surface area contributed by atoms with Gasteiger partial charge < -0.3 is 5.32 Å². The monoisotopic (exact) mass is 170 g/mol. The van der Waals surface area contributed by atoms with Gasteiger partial charge in [-0.25, -0.2) is 0 Å². The van der Waals surface area contributed by atoms with E-state index in [0.717, 1.165) is 6.54 Å². The molecule has 0 aromatic heterocycles. The van der Waals surface area contributed by atoms with Crippen molar-refractivity contribution in [2.24, 2.45) is 0 Å². The minimum Gasteiger partial charge on any atom is -0.315 e. The third-order valence-electron chi connectivity index (χ3n) is 2.59. The first kappa shape index (κ1) is 10.0. The van der Waals surface area contributed by atoms with Gasteiger partial charge in [-0.15, -0.1) is 0 Å². The average molecular weight is 170 g/mol. The molecule has 1 fully saturated rings. The van der Waals surface area contributed by atoms with E-state index in [2.05, 4.69) is 37.9 Å². The number of rotatable bonds is 0. The summed E-state index contributed by atoms with van der Waals surface area (Å²) in [6.45, 7) is 12.8. The molecule has 1 rings (SSSR count). The SMILES string of the molecule is C[C@@H]1CNCCCN1C(C)(C)C. The van der Waals surface area contributed by atoms with Gasteiger partial charge in [0.25, 0.3) is 0 Å². The number of hydrogen-bond acceptors (Lipinski definition) is 2. The van der Waals surface area contributed by atoms with Crippen molar-refractivity contribution in [1.29, 1.82) is 0 Å². The summed E-state index contributed by atoms with van der Waals surface area (Å²) in [6, 6.07) is 0.674. The molecule has 1 atom stereocenters. The van der Waals surface area contributed by atoms with E-state index in [4.69, 9.17) is 0 Å². The van der Waals surface area contributed by atoms with Crippen LogP contribution < -0.4 is 5.32 Å². The van der Waals surface area contributed by atoms with Gasteiger partial charge in [0.05, 0.1) is 0 Å². The van der Waals surface area contributed by atoms with Crippen molar-refractivity contribution in [2.45, 2.75) is 45.7 Å². The Kier molecular flexibility index (Phi) is 3.13. The van der Waals surface area contributed by atoms with Crippen LogP contribution in [0.1, 0.15) is 34.1 Å². The first-order valence-electron chi connectivity index (χ1n) is 4.99. The number of nitrogens with zero attached hydrogens (tertiary/aromatic N) is 1. The van der Waals surface area contributed by atoms with Gasteiger partial charge in [-0.05, 0) is 40.7 Å². The van der Waals surface area contributed by atoms with E-state index >= 15 is 0 Å². The van der Waals surface area contributed by atoms with E-state index in [9.17, 15) is 0 Å². The lowest BCUT2D eigenvalue weighted by Crippen LogP contribution is -2.48. The Hall–Kier alpha value is -0.0800. The van der Waals surface area contributed by atoms with E-state index in [0.29, 0.717) is 11.6 Å². The minimum atomic E-state index is 0.325. The summed E-state index contributed by atoms with van der Waals surface area (Å²) in [5.74, 6) is 0. The zero-order valence-corrected chi connectivity index (χ0v) is 8.85. The molecule has 0 amide bonds. The summed E-state index contributed by atoms with van der Waals surface area (Å²) < 4.78 is 0. The standard InChI is InChI=1S/C10H22N2/c1-9-8-11-6-5-7-12(9)10(2,3)4/h9,11H,5-8H2,1-4H3/t9-/m1/s1. The normalized spacial score (nSPS) is 28.5. The van der Waals surface area contributed by atoms with Crippen LogP contribution in [0.4, 0.5) is 0 Å². The van der Waals surface area contributed by atoms with Gasteiger partial charge >= 0.3 is 0 Å². The maximum Gasteiger partial charge on any atom is 0.0197 e. The van der Waals surface area contributed by atoms with E-state index in [1.54, 1.807) is 0 Å². The van der Waals surface area contributed by atoms with Gasteiger partial charge in [-0.2, -0.15) is 0 Å². The zero-order valence-electron chi connectivity index (χ0n) is 8.85. The van der Waals surface area contributed by atoms with E-state index < -0.39 is 0 Å². The van der Waals surface area contributed by atoms with Crippen molar-refractivity contribution in [2.75, 3.05) is 19.6 Å². The van der Waals surface area contributed by atoms with Gasteiger partial charge in [0.2, 0.25) is 0 Å². The molecule has 0 aromatic carbocycles. The summed E-state index contributed by atoms with van der Waals surface area (Å²) in [7, 11) is 0. The summed E-state index contributed by atoms with van der Waals surface area (Å²) in [6.07, 6.45) is 1.28. The molecule has 1 N–H and O–H groups in total. The van der Waals surface area contributed by atoms with Crippen molar-refractivity contribution < 1.29 is 0 Å². The van der Waals surface area contributed by atoms with Crippen molar-refractivity contribution in [3.63, 3.8) is 0 Å². The average Bonchev–Trinajstić information content (AvgIpc) is 2.11. The maximum atomic E-state index is 3.46. The van der Waals surface area contributed by atoms with E-state index in [1.165, 1.54) is 19.5 Å². The lowest BCUT2D eigenvalue weighted by Gasteiger charge is -2.39. The van der Waals surface area contributed by atoms with Gasteiger partial charge in [0, 0.05) is 24.7 Å². The molecule has 72 valence electrons. The largest absolute Gasteiger partial charge is 0.315 e. The summed E-state index contributed by atoms with van der Waals surface area (Å²) in [4.78, 5) is 2.59. The van der Waals surface area contributed by atoms with Gasteiger partial charge in [-0.3, -0.25) is 4.90 Å². The quantitative estimate of drug-likeness (QED) is 0.592. The second-order valence-corrected chi connectivity index (χ2v) is 4.77. The molecule has 0 spiro atoms. The topological polar surface area (TPSA) is 15.3 Å². The Morgan fingerprint density at radius 2 is 2.00 bits per heavy atom. The Bertz CT molecular complexity index is 137. The molecule has 2 nitrogen and oxygen atoms in total. The van der Waals surface area contributed by atoms with Crippen LogP contribution in [0, 0.1) is 0 Å². The summed E-state index contributed by atoms with van der Waals surface area (Å²) >= 11 is 0. The second-order valence-electron chi connectivity index (χ2n) is 4.77. The van der Waals surface area contributed by atoms with Crippen molar-refractivity contribution in [3.8, 4) is 0 Å². The molecule has 1 aliphatic rings. The van der Waals surface area contributed by atoms with Crippen LogP contribution in [0.2, 0.25) is 0 Å². The van der Waals surface area contributed by atoms with E-state index in [1.807, 2.05) is 0 Å². The highest BCUT2D eigenvalue weighted by Gasteiger charge is 2.26. The number of nitrogens with one attached hydrogen (secondary N) is 1. The first-order chi connectivity index (χ1) is 5.52. The van der Waals surface area contributed by atoms with Gasteiger partial charge in [0.15, 0.2) is 0 Å². The van der Waals surface area contributed by atoms with Crippen LogP contribution in [0.25, 0.3) is 0 Å². The van der Waals surface area contributed by atoms with Crippen molar-refractivity contribution in [3.05, 3.63) is 0 Å². The molecule has 0 radical (unpaired) electrons. The predicted octanol–water partition coefficient (Wildman–Crippen LogP) is 1.47. The molecular formula is C10H22N2. The van der Waals surface area contributed by atoms with Crippen molar-refractivity contribution in [1.82, 2.24) is 10.2 Å². The lowest BCUT2D eigenvalue weighted by atomic mass is 10.0. The molecule has 0 unspecified atom stereocenters.